The molecule has 0 aromatic heterocycles. The minimum absolute atomic E-state index is 0.249. The second kappa shape index (κ2) is 3.99. The molecule has 0 bridgehead atoms. The molecule has 2 nitrogen and oxygen atoms in total. The molecule has 18 heavy (non-hydrogen) atoms. The molecule has 2 aliphatic rings. The highest BCUT2D eigenvalue weighted by molar-refractivity contribution is 5.50. The van der Waals surface area contributed by atoms with E-state index in [9.17, 15) is 0 Å². The summed E-state index contributed by atoms with van der Waals surface area (Å²) in [5.41, 5.74) is 4.16. The molecular formula is C16H23NO. The zero-order valence-corrected chi connectivity index (χ0v) is 11.8. The maximum Gasteiger partial charge on any atom is 0.0694 e. The Bertz CT molecular complexity index is 446. The van der Waals surface area contributed by atoms with Crippen molar-refractivity contribution in [3.05, 3.63) is 29.3 Å². The van der Waals surface area contributed by atoms with Crippen LogP contribution >= 0.6 is 0 Å². The fourth-order valence-electron chi connectivity index (χ4n) is 3.85. The third kappa shape index (κ3) is 1.74. The normalized spacial score (nSPS) is 32.8. The summed E-state index contributed by atoms with van der Waals surface area (Å²) in [6, 6.07) is 7.25. The predicted molar refractivity (Wildman–Crippen MR) is 75.0 cm³/mol. The molecule has 3 unspecified atom stereocenters. The zero-order chi connectivity index (χ0) is 12.9. The summed E-state index contributed by atoms with van der Waals surface area (Å²) in [6.45, 7) is 9.89. The minimum Gasteiger partial charge on any atom is -0.381 e. The molecule has 0 amide bonds. The molecule has 0 radical (unpaired) electrons. The number of hydrogen-bond donors (Lipinski definition) is 1. The third-order valence-electron chi connectivity index (χ3n) is 4.64. The molecular weight excluding hydrogens is 222 g/mol. The lowest BCUT2D eigenvalue weighted by Crippen LogP contribution is -2.63. The first kappa shape index (κ1) is 12.0. The number of anilines is 1. The van der Waals surface area contributed by atoms with Gasteiger partial charge in [0.1, 0.15) is 0 Å². The number of nitrogens with one attached hydrogen (secondary N) is 1. The van der Waals surface area contributed by atoms with Crippen molar-refractivity contribution in [3.63, 3.8) is 0 Å². The van der Waals surface area contributed by atoms with Crippen molar-refractivity contribution in [1.82, 2.24) is 0 Å². The first-order chi connectivity index (χ1) is 8.48. The summed E-state index contributed by atoms with van der Waals surface area (Å²) in [4.78, 5) is 0. The Morgan fingerprint density at radius 1 is 1.17 bits per heavy atom. The quantitative estimate of drug-likeness (QED) is 0.860. The average Bonchev–Trinajstić information content (AvgIpc) is 2.71. The molecule has 2 fully saturated rings. The van der Waals surface area contributed by atoms with Gasteiger partial charge in [0.25, 0.3) is 0 Å². The molecule has 98 valence electrons. The zero-order valence-electron chi connectivity index (χ0n) is 11.8. The molecule has 1 aromatic rings. The van der Waals surface area contributed by atoms with E-state index in [1.807, 2.05) is 0 Å². The van der Waals surface area contributed by atoms with Crippen LogP contribution in [0.15, 0.2) is 18.2 Å². The van der Waals surface area contributed by atoms with Crippen LogP contribution in [-0.4, -0.2) is 18.8 Å². The van der Waals surface area contributed by atoms with E-state index in [4.69, 9.17) is 4.74 Å². The Kier molecular flexibility index (Phi) is 2.67. The van der Waals surface area contributed by atoms with Crippen LogP contribution in [0.1, 0.15) is 31.4 Å². The average molecular weight is 245 g/mol. The van der Waals surface area contributed by atoms with Crippen molar-refractivity contribution < 1.29 is 4.74 Å². The lowest BCUT2D eigenvalue weighted by atomic mass is 9.57. The van der Waals surface area contributed by atoms with Gasteiger partial charge >= 0.3 is 0 Å². The molecule has 3 rings (SSSR count). The summed E-state index contributed by atoms with van der Waals surface area (Å²) < 4.78 is 5.84. The van der Waals surface area contributed by atoms with Crippen molar-refractivity contribution >= 4 is 5.69 Å². The van der Waals surface area contributed by atoms with Crippen LogP contribution in [-0.2, 0) is 4.74 Å². The van der Waals surface area contributed by atoms with Crippen LogP contribution in [0.25, 0.3) is 0 Å². The minimum atomic E-state index is 0.249. The van der Waals surface area contributed by atoms with Crippen molar-refractivity contribution in [3.8, 4) is 0 Å². The summed E-state index contributed by atoms with van der Waals surface area (Å²) in [5, 5.41) is 3.74. The highest BCUT2D eigenvalue weighted by Gasteiger charge is 2.59. The smallest absolute Gasteiger partial charge is 0.0694 e. The van der Waals surface area contributed by atoms with Gasteiger partial charge in [-0.15, -0.1) is 0 Å². The fraction of sp³-hybridized carbons (Fsp3) is 0.625. The van der Waals surface area contributed by atoms with Gasteiger partial charge in [-0.1, -0.05) is 19.9 Å². The van der Waals surface area contributed by atoms with Gasteiger partial charge in [-0.3, -0.25) is 0 Å². The Labute approximate surface area is 110 Å². The van der Waals surface area contributed by atoms with Gasteiger partial charge in [0.05, 0.1) is 6.10 Å². The number of benzene rings is 1. The second-order valence-electron chi connectivity index (χ2n) is 6.56. The van der Waals surface area contributed by atoms with Crippen LogP contribution in [0.5, 0.6) is 0 Å². The third-order valence-corrected chi connectivity index (χ3v) is 4.64. The fourth-order valence-corrected chi connectivity index (χ4v) is 3.85. The maximum atomic E-state index is 5.84. The lowest BCUT2D eigenvalue weighted by molar-refractivity contribution is -0.0923. The molecule has 1 heterocycles. The van der Waals surface area contributed by atoms with Gasteiger partial charge in [0.2, 0.25) is 0 Å². The molecule has 1 aromatic carbocycles. The molecule has 3 atom stereocenters. The van der Waals surface area contributed by atoms with E-state index in [2.05, 4.69) is 51.2 Å². The Balaban J connectivity index is 1.80. The van der Waals surface area contributed by atoms with E-state index in [1.54, 1.807) is 0 Å². The Hall–Kier alpha value is -1.02. The SMILES string of the molecule is Cc1cc(C)cc(NC2C3CCOC3C2(C)C)c1. The first-order valence-electron chi connectivity index (χ1n) is 6.95. The second-order valence-corrected chi connectivity index (χ2v) is 6.56. The van der Waals surface area contributed by atoms with Crippen LogP contribution in [0, 0.1) is 25.2 Å². The van der Waals surface area contributed by atoms with Gasteiger partial charge in [0.15, 0.2) is 0 Å². The van der Waals surface area contributed by atoms with E-state index >= 15 is 0 Å². The summed E-state index contributed by atoms with van der Waals surface area (Å²) in [6.07, 6.45) is 1.66. The van der Waals surface area contributed by atoms with Gasteiger partial charge < -0.3 is 10.1 Å². The highest BCUT2D eigenvalue weighted by atomic mass is 16.5. The van der Waals surface area contributed by atoms with Crippen molar-refractivity contribution in [2.75, 3.05) is 11.9 Å². The van der Waals surface area contributed by atoms with Gasteiger partial charge in [0, 0.05) is 29.7 Å². The maximum absolute atomic E-state index is 5.84. The van der Waals surface area contributed by atoms with Crippen LogP contribution in [0.4, 0.5) is 5.69 Å². The molecule has 1 N–H and O–H groups in total. The molecule has 1 aliphatic carbocycles. The summed E-state index contributed by atoms with van der Waals surface area (Å²) in [5.74, 6) is 0.695. The number of fused-ring (bicyclic) bond motifs is 1. The van der Waals surface area contributed by atoms with Crippen molar-refractivity contribution in [2.45, 2.75) is 46.3 Å². The molecule has 1 saturated heterocycles. The summed E-state index contributed by atoms with van der Waals surface area (Å²) >= 11 is 0. The number of hydrogen-bond acceptors (Lipinski definition) is 2. The molecule has 1 saturated carbocycles. The highest BCUT2D eigenvalue weighted by Crippen LogP contribution is 2.53. The van der Waals surface area contributed by atoms with Gasteiger partial charge in [-0.2, -0.15) is 0 Å². The van der Waals surface area contributed by atoms with E-state index < -0.39 is 0 Å². The van der Waals surface area contributed by atoms with E-state index in [-0.39, 0.29) is 5.41 Å². The Morgan fingerprint density at radius 3 is 2.50 bits per heavy atom. The largest absolute Gasteiger partial charge is 0.381 e. The number of ether oxygens (including phenoxy) is 1. The molecule has 0 spiro atoms. The van der Waals surface area contributed by atoms with Crippen LogP contribution in [0.2, 0.25) is 0 Å². The van der Waals surface area contributed by atoms with Gasteiger partial charge in [-0.25, -0.2) is 0 Å². The van der Waals surface area contributed by atoms with Gasteiger partial charge in [-0.05, 0) is 43.5 Å². The van der Waals surface area contributed by atoms with Crippen LogP contribution in [0.3, 0.4) is 0 Å². The monoisotopic (exact) mass is 245 g/mol. The lowest BCUT2D eigenvalue weighted by Gasteiger charge is -2.55. The van der Waals surface area contributed by atoms with E-state index in [0.29, 0.717) is 18.1 Å². The molecule has 1 aliphatic heterocycles. The summed E-state index contributed by atoms with van der Waals surface area (Å²) in [7, 11) is 0. The van der Waals surface area contributed by atoms with E-state index in [0.717, 1.165) is 6.61 Å². The van der Waals surface area contributed by atoms with E-state index in [1.165, 1.54) is 23.2 Å². The standard InChI is InChI=1S/C16H23NO/c1-10-7-11(2)9-12(8-10)17-14-13-5-6-18-15(13)16(14,3)4/h7-9,13-15,17H,5-6H2,1-4H3. The predicted octanol–water partition coefficient (Wildman–Crippen LogP) is 3.53. The Morgan fingerprint density at radius 2 is 1.83 bits per heavy atom. The van der Waals surface area contributed by atoms with Crippen molar-refractivity contribution in [1.29, 1.82) is 0 Å². The number of rotatable bonds is 2. The van der Waals surface area contributed by atoms with Crippen molar-refractivity contribution in [2.24, 2.45) is 11.3 Å². The van der Waals surface area contributed by atoms with Crippen LogP contribution < -0.4 is 5.32 Å². The first-order valence-corrected chi connectivity index (χ1v) is 6.95. The molecule has 2 heteroatoms. The topological polar surface area (TPSA) is 21.3 Å². The number of aryl methyl sites for hydroxylation is 2.